The summed E-state index contributed by atoms with van der Waals surface area (Å²) < 4.78 is 38.7. The lowest BCUT2D eigenvalue weighted by molar-refractivity contribution is -0.142. The van der Waals surface area contributed by atoms with E-state index in [0.717, 1.165) is 10.6 Å². The van der Waals surface area contributed by atoms with Crippen molar-refractivity contribution in [3.05, 3.63) is 29.1 Å². The van der Waals surface area contributed by atoms with Crippen LogP contribution in [0.15, 0.2) is 12.1 Å². The van der Waals surface area contributed by atoms with Gasteiger partial charge in [-0.2, -0.15) is 13.2 Å². The summed E-state index contributed by atoms with van der Waals surface area (Å²) in [5.74, 6) is 0. The molecule has 0 atom stereocenters. The summed E-state index contributed by atoms with van der Waals surface area (Å²) in [5, 5.41) is 7.10. The molecule has 17 heavy (non-hydrogen) atoms. The van der Waals surface area contributed by atoms with E-state index in [-0.39, 0.29) is 0 Å². The molecule has 0 unspecified atom stereocenters. The van der Waals surface area contributed by atoms with E-state index in [0.29, 0.717) is 16.8 Å². The second-order valence-corrected chi connectivity index (χ2v) is 3.39. The molecule has 0 amide bonds. The Bertz CT molecular complexity index is 514. The van der Waals surface area contributed by atoms with E-state index in [2.05, 4.69) is 10.3 Å². The van der Waals surface area contributed by atoms with Gasteiger partial charge in [0.15, 0.2) is 0 Å². The normalized spacial score (nSPS) is 11.2. The SMILES string of the molecule is CC.Cc1cc(C(F)(F)F)n2nnc(C)c2c1. The van der Waals surface area contributed by atoms with Gasteiger partial charge >= 0.3 is 6.18 Å². The van der Waals surface area contributed by atoms with Crippen molar-refractivity contribution in [3.8, 4) is 0 Å². The summed E-state index contributed by atoms with van der Waals surface area (Å²) in [4.78, 5) is 0. The zero-order chi connectivity index (χ0) is 13.2. The van der Waals surface area contributed by atoms with Gasteiger partial charge in [-0.15, -0.1) is 5.10 Å². The van der Waals surface area contributed by atoms with E-state index in [1.165, 1.54) is 0 Å². The lowest BCUT2D eigenvalue weighted by Crippen LogP contribution is -2.12. The van der Waals surface area contributed by atoms with Gasteiger partial charge in [-0.3, -0.25) is 0 Å². The smallest absolute Gasteiger partial charge is 0.208 e. The Morgan fingerprint density at radius 2 is 1.71 bits per heavy atom. The third kappa shape index (κ3) is 2.57. The molecule has 0 saturated carbocycles. The fourth-order valence-electron chi connectivity index (χ4n) is 1.44. The topological polar surface area (TPSA) is 30.2 Å². The summed E-state index contributed by atoms with van der Waals surface area (Å²) in [5.41, 5.74) is 0.629. The highest BCUT2D eigenvalue weighted by atomic mass is 19.4. The number of alkyl halides is 3. The minimum absolute atomic E-state index is 0.391. The van der Waals surface area contributed by atoms with Gasteiger partial charge < -0.3 is 0 Å². The Kier molecular flexibility index (Phi) is 3.75. The monoisotopic (exact) mass is 245 g/mol. The summed E-state index contributed by atoms with van der Waals surface area (Å²) in [7, 11) is 0. The minimum Gasteiger partial charge on any atom is -0.208 e. The van der Waals surface area contributed by atoms with Crippen LogP contribution in [-0.4, -0.2) is 14.8 Å². The standard InChI is InChI=1S/C9H8F3N3.C2H6/c1-5-3-7-6(2)13-14-15(7)8(4-5)9(10,11)12;1-2/h3-4H,1-2H3;1-2H3. The molecule has 0 radical (unpaired) electrons. The van der Waals surface area contributed by atoms with Crippen LogP contribution in [-0.2, 0) is 6.18 Å². The Morgan fingerprint density at radius 3 is 2.24 bits per heavy atom. The number of rotatable bonds is 0. The van der Waals surface area contributed by atoms with E-state index in [9.17, 15) is 13.2 Å². The summed E-state index contributed by atoms with van der Waals surface area (Å²) >= 11 is 0. The lowest BCUT2D eigenvalue weighted by atomic mass is 10.2. The fourth-order valence-corrected chi connectivity index (χ4v) is 1.44. The maximum atomic E-state index is 12.6. The van der Waals surface area contributed by atoms with Crippen LogP contribution in [0.5, 0.6) is 0 Å². The van der Waals surface area contributed by atoms with Crippen molar-refractivity contribution in [1.82, 2.24) is 14.8 Å². The van der Waals surface area contributed by atoms with Gasteiger partial charge in [-0.25, -0.2) is 4.52 Å². The first kappa shape index (κ1) is 13.5. The predicted molar refractivity (Wildman–Crippen MR) is 58.8 cm³/mol. The molecule has 0 aliphatic carbocycles. The third-order valence-corrected chi connectivity index (χ3v) is 2.13. The van der Waals surface area contributed by atoms with Gasteiger partial charge in [0.2, 0.25) is 0 Å². The first-order valence-corrected chi connectivity index (χ1v) is 5.29. The van der Waals surface area contributed by atoms with E-state index in [1.54, 1.807) is 19.9 Å². The minimum atomic E-state index is -4.41. The zero-order valence-corrected chi connectivity index (χ0v) is 10.1. The molecule has 0 aliphatic heterocycles. The van der Waals surface area contributed by atoms with Crippen molar-refractivity contribution in [3.63, 3.8) is 0 Å². The van der Waals surface area contributed by atoms with Gasteiger partial charge in [0, 0.05) is 0 Å². The van der Waals surface area contributed by atoms with Crippen LogP contribution in [0.1, 0.15) is 30.8 Å². The average Bonchev–Trinajstić information content (AvgIpc) is 2.61. The molecule has 0 aliphatic rings. The Morgan fingerprint density at radius 1 is 1.12 bits per heavy atom. The van der Waals surface area contributed by atoms with Gasteiger partial charge in [0.05, 0.1) is 11.2 Å². The molecule has 3 nitrogen and oxygen atoms in total. The number of aromatic nitrogens is 3. The largest absolute Gasteiger partial charge is 0.433 e. The second kappa shape index (κ2) is 4.73. The Labute approximate surface area is 97.3 Å². The molecular formula is C11H14F3N3. The first-order valence-electron chi connectivity index (χ1n) is 5.29. The third-order valence-electron chi connectivity index (χ3n) is 2.13. The van der Waals surface area contributed by atoms with E-state index < -0.39 is 11.9 Å². The fraction of sp³-hybridized carbons (Fsp3) is 0.455. The Balaban J connectivity index is 0.000000686. The summed E-state index contributed by atoms with van der Waals surface area (Å²) in [6.07, 6.45) is -4.41. The molecular weight excluding hydrogens is 231 g/mol. The molecule has 0 aromatic carbocycles. The molecule has 2 rings (SSSR count). The molecule has 94 valence electrons. The lowest BCUT2D eigenvalue weighted by Gasteiger charge is -2.09. The number of hydrogen-bond donors (Lipinski definition) is 0. The summed E-state index contributed by atoms with van der Waals surface area (Å²) in [6.45, 7) is 7.24. The molecule has 0 saturated heterocycles. The predicted octanol–water partition coefficient (Wildman–Crippen LogP) is 3.39. The van der Waals surface area contributed by atoms with Crippen molar-refractivity contribution in [2.75, 3.05) is 0 Å². The molecule has 2 aromatic heterocycles. The number of fused-ring (bicyclic) bond motifs is 1. The van der Waals surface area contributed by atoms with Crippen molar-refractivity contribution in [2.45, 2.75) is 33.9 Å². The van der Waals surface area contributed by atoms with Crippen LogP contribution in [0, 0.1) is 13.8 Å². The molecule has 0 fully saturated rings. The Hall–Kier alpha value is -1.59. The molecule has 0 N–H and O–H groups in total. The van der Waals surface area contributed by atoms with Crippen molar-refractivity contribution < 1.29 is 13.2 Å². The van der Waals surface area contributed by atoms with Crippen molar-refractivity contribution in [2.24, 2.45) is 0 Å². The first-order chi connectivity index (χ1) is 7.89. The number of halogens is 3. The summed E-state index contributed by atoms with van der Waals surface area (Å²) in [6, 6.07) is 2.69. The molecule has 6 heteroatoms. The number of hydrogen-bond acceptors (Lipinski definition) is 2. The zero-order valence-electron chi connectivity index (χ0n) is 10.1. The highest BCUT2D eigenvalue weighted by molar-refractivity contribution is 5.53. The van der Waals surface area contributed by atoms with Gasteiger partial charge in [-0.1, -0.05) is 19.1 Å². The number of pyridine rings is 1. The van der Waals surface area contributed by atoms with Crippen LogP contribution < -0.4 is 0 Å². The maximum Gasteiger partial charge on any atom is 0.433 e. The van der Waals surface area contributed by atoms with Crippen molar-refractivity contribution >= 4 is 5.52 Å². The van der Waals surface area contributed by atoms with Gasteiger partial charge in [-0.05, 0) is 31.5 Å². The average molecular weight is 245 g/mol. The van der Waals surface area contributed by atoms with Crippen LogP contribution in [0.25, 0.3) is 5.52 Å². The molecule has 0 bridgehead atoms. The van der Waals surface area contributed by atoms with E-state index in [4.69, 9.17) is 0 Å². The van der Waals surface area contributed by atoms with Gasteiger partial charge in [0.1, 0.15) is 5.69 Å². The molecule has 2 aromatic rings. The van der Waals surface area contributed by atoms with Crippen LogP contribution in [0.3, 0.4) is 0 Å². The van der Waals surface area contributed by atoms with Crippen LogP contribution >= 0.6 is 0 Å². The van der Waals surface area contributed by atoms with Crippen LogP contribution in [0.4, 0.5) is 13.2 Å². The highest BCUT2D eigenvalue weighted by Crippen LogP contribution is 2.30. The highest BCUT2D eigenvalue weighted by Gasteiger charge is 2.34. The number of nitrogens with zero attached hydrogens (tertiary/aromatic N) is 3. The van der Waals surface area contributed by atoms with Gasteiger partial charge in [0.25, 0.3) is 0 Å². The second-order valence-electron chi connectivity index (χ2n) is 3.39. The maximum absolute atomic E-state index is 12.6. The van der Waals surface area contributed by atoms with Crippen LogP contribution in [0.2, 0.25) is 0 Å². The quantitative estimate of drug-likeness (QED) is 0.712. The van der Waals surface area contributed by atoms with E-state index >= 15 is 0 Å². The molecule has 0 spiro atoms. The van der Waals surface area contributed by atoms with Crippen molar-refractivity contribution in [1.29, 1.82) is 0 Å². The van der Waals surface area contributed by atoms with E-state index in [1.807, 2.05) is 13.8 Å². The number of aryl methyl sites for hydroxylation is 2. The molecule has 2 heterocycles.